The van der Waals surface area contributed by atoms with Gasteiger partial charge in [-0.25, -0.2) is 0 Å². The van der Waals surface area contributed by atoms with Gasteiger partial charge in [-0.1, -0.05) is 12.2 Å². The summed E-state index contributed by atoms with van der Waals surface area (Å²) in [5.74, 6) is 0. The maximum absolute atomic E-state index is 4.29. The number of hydrogen-bond acceptors (Lipinski definition) is 2. The van der Waals surface area contributed by atoms with Crippen LogP contribution < -0.4 is 5.32 Å². The second-order valence-corrected chi connectivity index (χ2v) is 2.23. The minimum atomic E-state index is 0.816. The van der Waals surface area contributed by atoms with Gasteiger partial charge in [0.15, 0.2) is 0 Å². The number of allylic oxidation sites excluding steroid dienone is 3. The molecule has 0 radical (unpaired) electrons. The van der Waals surface area contributed by atoms with Gasteiger partial charge in [0.2, 0.25) is 0 Å². The van der Waals surface area contributed by atoms with E-state index in [9.17, 15) is 0 Å². The van der Waals surface area contributed by atoms with E-state index in [1.807, 2.05) is 18.5 Å². The van der Waals surface area contributed by atoms with E-state index in [0.29, 0.717) is 0 Å². The summed E-state index contributed by atoms with van der Waals surface area (Å²) in [6.07, 6.45) is 9.96. The van der Waals surface area contributed by atoms with E-state index in [1.165, 1.54) is 5.57 Å². The summed E-state index contributed by atoms with van der Waals surface area (Å²) in [7, 11) is 0. The van der Waals surface area contributed by atoms with Crippen molar-refractivity contribution in [1.29, 1.82) is 0 Å². The Hall–Kier alpha value is -1.31. The minimum absolute atomic E-state index is 0.816. The maximum Gasteiger partial charge on any atom is 0.0679 e. The van der Waals surface area contributed by atoms with Crippen molar-refractivity contribution in [3.05, 3.63) is 36.2 Å². The van der Waals surface area contributed by atoms with E-state index in [2.05, 4.69) is 22.5 Å². The molecule has 0 fully saturated rings. The zero-order valence-corrected chi connectivity index (χ0v) is 5.54. The number of nitrogens with zero attached hydrogens (tertiary/aromatic N) is 1. The van der Waals surface area contributed by atoms with Gasteiger partial charge in [-0.3, -0.25) is 4.99 Å². The van der Waals surface area contributed by atoms with E-state index in [0.717, 1.165) is 12.3 Å². The van der Waals surface area contributed by atoms with Crippen LogP contribution in [0.2, 0.25) is 0 Å². The third kappa shape index (κ3) is 0.778. The van der Waals surface area contributed by atoms with Crippen molar-refractivity contribution >= 4 is 5.71 Å². The monoisotopic (exact) mass is 132 g/mol. The molecular weight excluding hydrogens is 124 g/mol. The van der Waals surface area contributed by atoms with Crippen molar-refractivity contribution in [2.75, 3.05) is 6.54 Å². The lowest BCUT2D eigenvalue weighted by Crippen LogP contribution is -2.11. The van der Waals surface area contributed by atoms with Gasteiger partial charge in [-0.15, -0.1) is 0 Å². The number of dihydropyridines is 2. The Kier molecular flexibility index (Phi) is 1.17. The normalized spacial score (nSPS) is 20.8. The molecule has 0 unspecified atom stereocenters. The first kappa shape index (κ1) is 5.47. The number of nitrogens with one attached hydrogen (secondary N) is 1. The highest BCUT2D eigenvalue weighted by Gasteiger charge is 2.05. The third-order valence-corrected chi connectivity index (χ3v) is 1.54. The number of hydrogen-bond donors (Lipinski definition) is 1. The van der Waals surface area contributed by atoms with E-state index < -0.39 is 0 Å². The van der Waals surface area contributed by atoms with Gasteiger partial charge < -0.3 is 5.32 Å². The predicted molar refractivity (Wildman–Crippen MR) is 41.8 cm³/mol. The number of aliphatic imine (C=N–C) groups is 1. The van der Waals surface area contributed by atoms with Crippen molar-refractivity contribution < 1.29 is 0 Å². The van der Waals surface area contributed by atoms with Crippen LogP contribution in [0.25, 0.3) is 0 Å². The van der Waals surface area contributed by atoms with Crippen LogP contribution in [0.15, 0.2) is 41.2 Å². The molecule has 0 saturated carbocycles. The second-order valence-electron chi connectivity index (χ2n) is 2.23. The number of rotatable bonds is 0. The van der Waals surface area contributed by atoms with E-state index in [-0.39, 0.29) is 0 Å². The van der Waals surface area contributed by atoms with Crippen LogP contribution in [0.1, 0.15) is 0 Å². The fraction of sp³-hybridized carbons (Fsp3) is 0.125. The molecule has 10 heavy (non-hydrogen) atoms. The molecule has 2 aliphatic heterocycles. The SMILES string of the molecule is C1=CC2=CNC=CC2=NC1. The van der Waals surface area contributed by atoms with Crippen LogP contribution in [0, 0.1) is 0 Å². The van der Waals surface area contributed by atoms with E-state index >= 15 is 0 Å². The first-order valence-electron chi connectivity index (χ1n) is 3.31. The van der Waals surface area contributed by atoms with Gasteiger partial charge in [-0.05, 0) is 6.08 Å². The summed E-state index contributed by atoms with van der Waals surface area (Å²) >= 11 is 0. The molecule has 2 heteroatoms. The van der Waals surface area contributed by atoms with Gasteiger partial charge in [-0.2, -0.15) is 0 Å². The van der Waals surface area contributed by atoms with Crippen LogP contribution in [-0.4, -0.2) is 12.3 Å². The molecule has 0 aromatic heterocycles. The van der Waals surface area contributed by atoms with E-state index in [4.69, 9.17) is 0 Å². The summed E-state index contributed by atoms with van der Waals surface area (Å²) in [5, 5.41) is 3.01. The first-order chi connectivity index (χ1) is 4.97. The average molecular weight is 132 g/mol. The Labute approximate surface area is 59.7 Å². The van der Waals surface area contributed by atoms with Crippen molar-refractivity contribution in [3.8, 4) is 0 Å². The van der Waals surface area contributed by atoms with Crippen molar-refractivity contribution in [1.82, 2.24) is 5.32 Å². The number of fused-ring (bicyclic) bond motifs is 1. The van der Waals surface area contributed by atoms with Crippen molar-refractivity contribution in [2.24, 2.45) is 4.99 Å². The predicted octanol–water partition coefficient (Wildman–Crippen LogP) is 0.998. The molecule has 1 N–H and O–H groups in total. The molecule has 0 aliphatic carbocycles. The summed E-state index contributed by atoms with van der Waals surface area (Å²) in [4.78, 5) is 4.29. The molecule has 2 rings (SSSR count). The Balaban J connectivity index is 2.38. The summed E-state index contributed by atoms with van der Waals surface area (Å²) in [6.45, 7) is 0.816. The van der Waals surface area contributed by atoms with Crippen molar-refractivity contribution in [2.45, 2.75) is 0 Å². The Morgan fingerprint density at radius 2 is 2.40 bits per heavy atom. The Bertz CT molecular complexity index is 228. The van der Waals surface area contributed by atoms with Gasteiger partial charge in [0.05, 0.1) is 12.3 Å². The molecule has 0 amide bonds. The quantitative estimate of drug-likeness (QED) is 0.522. The first-order valence-corrected chi connectivity index (χ1v) is 3.31. The van der Waals surface area contributed by atoms with Gasteiger partial charge in [0, 0.05) is 18.0 Å². The summed E-state index contributed by atoms with van der Waals surface area (Å²) < 4.78 is 0. The highest BCUT2D eigenvalue weighted by atomic mass is 14.8. The average Bonchev–Trinajstić information content (AvgIpc) is 2.05. The van der Waals surface area contributed by atoms with Crippen LogP contribution in [0.4, 0.5) is 0 Å². The molecular formula is C8H8N2. The molecule has 0 spiro atoms. The molecule has 0 aromatic carbocycles. The van der Waals surface area contributed by atoms with Crippen LogP contribution in [0.5, 0.6) is 0 Å². The van der Waals surface area contributed by atoms with Crippen LogP contribution in [-0.2, 0) is 0 Å². The molecule has 0 bridgehead atoms. The highest BCUT2D eigenvalue weighted by molar-refractivity contribution is 6.11. The van der Waals surface area contributed by atoms with Gasteiger partial charge in [0.1, 0.15) is 0 Å². The van der Waals surface area contributed by atoms with Crippen LogP contribution in [0.3, 0.4) is 0 Å². The largest absolute Gasteiger partial charge is 0.367 e. The van der Waals surface area contributed by atoms with Gasteiger partial charge >= 0.3 is 0 Å². The summed E-state index contributed by atoms with van der Waals surface area (Å²) in [6, 6.07) is 0. The fourth-order valence-corrected chi connectivity index (χ4v) is 1.04. The maximum atomic E-state index is 4.29. The fourth-order valence-electron chi connectivity index (χ4n) is 1.04. The molecule has 0 saturated heterocycles. The van der Waals surface area contributed by atoms with Crippen LogP contribution >= 0.6 is 0 Å². The third-order valence-electron chi connectivity index (χ3n) is 1.54. The summed E-state index contributed by atoms with van der Waals surface area (Å²) in [5.41, 5.74) is 2.26. The Morgan fingerprint density at radius 3 is 3.30 bits per heavy atom. The smallest absolute Gasteiger partial charge is 0.0679 e. The van der Waals surface area contributed by atoms with Crippen molar-refractivity contribution in [3.63, 3.8) is 0 Å². The lowest BCUT2D eigenvalue weighted by Gasteiger charge is -2.10. The molecule has 2 heterocycles. The molecule has 50 valence electrons. The topological polar surface area (TPSA) is 24.4 Å². The minimum Gasteiger partial charge on any atom is -0.367 e. The lowest BCUT2D eigenvalue weighted by atomic mass is 10.1. The lowest BCUT2D eigenvalue weighted by molar-refractivity contribution is 1.14. The molecule has 0 aromatic rings. The van der Waals surface area contributed by atoms with Gasteiger partial charge in [0.25, 0.3) is 0 Å². The van der Waals surface area contributed by atoms with E-state index in [1.54, 1.807) is 0 Å². The molecule has 2 nitrogen and oxygen atoms in total. The molecule has 0 atom stereocenters. The zero-order chi connectivity index (χ0) is 6.81. The molecule has 2 aliphatic rings. The highest BCUT2D eigenvalue weighted by Crippen LogP contribution is 2.08. The zero-order valence-electron chi connectivity index (χ0n) is 5.54. The second kappa shape index (κ2) is 2.14. The Morgan fingerprint density at radius 1 is 1.40 bits per heavy atom. The standard InChI is InChI=1S/C8H8N2/c1-2-7-6-9-5-3-8(7)10-4-1/h1-3,5-6,9H,4H2.